The predicted molar refractivity (Wildman–Crippen MR) is 97.1 cm³/mol. The van der Waals surface area contributed by atoms with Crippen LogP contribution in [-0.2, 0) is 9.53 Å². The molecule has 2 heterocycles. The molecular formula is C19H23N3O4. The topological polar surface area (TPSA) is 81.5 Å². The molecule has 7 nitrogen and oxygen atoms in total. The lowest BCUT2D eigenvalue weighted by Crippen LogP contribution is -2.38. The van der Waals surface area contributed by atoms with E-state index in [1.807, 2.05) is 13.8 Å². The molecule has 1 amide bonds. The van der Waals surface area contributed by atoms with Crippen LogP contribution in [0.4, 0.5) is 0 Å². The second-order valence-electron chi connectivity index (χ2n) is 6.76. The molecule has 26 heavy (non-hydrogen) atoms. The van der Waals surface area contributed by atoms with Crippen LogP contribution in [0.15, 0.2) is 29.1 Å². The summed E-state index contributed by atoms with van der Waals surface area (Å²) in [5, 5.41) is 5.04. The molecule has 1 saturated heterocycles. The van der Waals surface area contributed by atoms with Crippen molar-refractivity contribution in [2.45, 2.75) is 39.2 Å². The van der Waals surface area contributed by atoms with Gasteiger partial charge in [-0.15, -0.1) is 0 Å². The van der Waals surface area contributed by atoms with Crippen molar-refractivity contribution < 1.29 is 14.3 Å². The maximum Gasteiger partial charge on any atom is 0.359 e. The molecule has 0 aliphatic carbocycles. The van der Waals surface area contributed by atoms with Crippen molar-refractivity contribution in [2.24, 2.45) is 0 Å². The average molecular weight is 357 g/mol. The van der Waals surface area contributed by atoms with Gasteiger partial charge in [-0.05, 0) is 39.2 Å². The molecule has 0 radical (unpaired) electrons. The Kier molecular flexibility index (Phi) is 5.35. The van der Waals surface area contributed by atoms with E-state index in [0.717, 1.165) is 19.3 Å². The van der Waals surface area contributed by atoms with Crippen molar-refractivity contribution in [1.82, 2.24) is 14.7 Å². The summed E-state index contributed by atoms with van der Waals surface area (Å²) in [5.41, 5.74) is -0.197. The predicted octanol–water partition coefficient (Wildman–Crippen LogP) is 2.15. The van der Waals surface area contributed by atoms with Gasteiger partial charge in [-0.1, -0.05) is 18.2 Å². The second-order valence-corrected chi connectivity index (χ2v) is 6.76. The molecule has 0 unspecified atom stereocenters. The smallest absolute Gasteiger partial charge is 0.359 e. The van der Waals surface area contributed by atoms with E-state index in [4.69, 9.17) is 4.74 Å². The fourth-order valence-corrected chi connectivity index (χ4v) is 3.14. The van der Waals surface area contributed by atoms with Crippen LogP contribution in [-0.4, -0.2) is 46.3 Å². The van der Waals surface area contributed by atoms with Gasteiger partial charge in [0.15, 0.2) is 12.3 Å². The fourth-order valence-electron chi connectivity index (χ4n) is 3.14. The van der Waals surface area contributed by atoms with Gasteiger partial charge in [0.1, 0.15) is 0 Å². The van der Waals surface area contributed by atoms with E-state index in [1.54, 1.807) is 29.2 Å². The summed E-state index contributed by atoms with van der Waals surface area (Å²) in [6.45, 7) is 4.73. The summed E-state index contributed by atoms with van der Waals surface area (Å²) in [4.78, 5) is 39.0. The maximum absolute atomic E-state index is 12.6. The maximum atomic E-state index is 12.6. The van der Waals surface area contributed by atoms with E-state index >= 15 is 0 Å². The van der Waals surface area contributed by atoms with E-state index < -0.39 is 5.97 Å². The Balaban J connectivity index is 1.84. The third-order valence-electron chi connectivity index (χ3n) is 4.55. The number of likely N-dealkylation sites (tertiary alicyclic amines) is 1. The Morgan fingerprint density at radius 2 is 1.77 bits per heavy atom. The van der Waals surface area contributed by atoms with Crippen molar-refractivity contribution in [3.63, 3.8) is 0 Å². The minimum absolute atomic E-state index is 0.0559. The van der Waals surface area contributed by atoms with Crippen molar-refractivity contribution >= 4 is 22.6 Å². The van der Waals surface area contributed by atoms with Gasteiger partial charge in [0.25, 0.3) is 11.5 Å². The van der Waals surface area contributed by atoms with Crippen LogP contribution < -0.4 is 5.56 Å². The van der Waals surface area contributed by atoms with Crippen molar-refractivity contribution in [3.8, 4) is 0 Å². The zero-order valence-corrected chi connectivity index (χ0v) is 15.1. The van der Waals surface area contributed by atoms with Crippen LogP contribution in [0.3, 0.4) is 0 Å². The summed E-state index contributed by atoms with van der Waals surface area (Å²) in [6, 6.07) is 6.60. The van der Waals surface area contributed by atoms with E-state index in [0.29, 0.717) is 23.9 Å². The number of carbonyl (C=O) groups excluding carboxylic acids is 2. The Labute approximate surface area is 151 Å². The van der Waals surface area contributed by atoms with Gasteiger partial charge in [-0.2, -0.15) is 5.10 Å². The highest BCUT2D eigenvalue weighted by Gasteiger charge is 2.22. The lowest BCUT2D eigenvalue weighted by molar-refractivity contribution is -0.135. The molecule has 0 spiro atoms. The van der Waals surface area contributed by atoms with E-state index in [1.165, 1.54) is 4.68 Å². The molecule has 0 bridgehead atoms. The molecular weight excluding hydrogens is 334 g/mol. The highest BCUT2D eigenvalue weighted by molar-refractivity contribution is 6.02. The van der Waals surface area contributed by atoms with Gasteiger partial charge in [-0.3, -0.25) is 9.59 Å². The number of hydrogen-bond acceptors (Lipinski definition) is 5. The standard InChI is InChI=1S/C19H23N3O4/c1-13(2)22-18(24)15-9-5-4-8-14(15)17(20-22)19(25)26-12-16(23)21-10-6-3-7-11-21/h4-5,8-9,13H,3,6-7,10-12H2,1-2H3. The first-order valence-corrected chi connectivity index (χ1v) is 8.95. The molecule has 0 atom stereocenters. The van der Waals surface area contributed by atoms with Crippen LogP contribution in [0.5, 0.6) is 0 Å². The minimum atomic E-state index is -0.694. The first-order valence-electron chi connectivity index (χ1n) is 8.95. The van der Waals surface area contributed by atoms with E-state index in [2.05, 4.69) is 5.10 Å². The molecule has 7 heteroatoms. The number of nitrogens with zero attached hydrogens (tertiary/aromatic N) is 3. The number of ether oxygens (including phenoxy) is 1. The monoisotopic (exact) mass is 357 g/mol. The number of amides is 1. The fraction of sp³-hybridized carbons (Fsp3) is 0.474. The Morgan fingerprint density at radius 1 is 1.12 bits per heavy atom. The van der Waals surface area contributed by atoms with Gasteiger partial charge in [-0.25, -0.2) is 9.48 Å². The van der Waals surface area contributed by atoms with E-state index in [9.17, 15) is 14.4 Å². The molecule has 1 aromatic carbocycles. The number of benzene rings is 1. The molecule has 0 N–H and O–H groups in total. The third-order valence-corrected chi connectivity index (χ3v) is 4.55. The average Bonchev–Trinajstić information content (AvgIpc) is 2.66. The third kappa shape index (κ3) is 3.61. The first kappa shape index (κ1) is 18.1. The highest BCUT2D eigenvalue weighted by atomic mass is 16.5. The lowest BCUT2D eigenvalue weighted by Gasteiger charge is -2.26. The number of aromatic nitrogens is 2. The summed E-state index contributed by atoms with van der Waals surface area (Å²) in [5.74, 6) is -0.888. The van der Waals surface area contributed by atoms with Crippen molar-refractivity contribution in [3.05, 3.63) is 40.3 Å². The Hall–Kier alpha value is -2.70. The summed E-state index contributed by atoms with van der Waals surface area (Å²) >= 11 is 0. The number of fused-ring (bicyclic) bond motifs is 1. The Bertz CT molecular complexity index is 882. The second kappa shape index (κ2) is 7.68. The SMILES string of the molecule is CC(C)n1nc(C(=O)OCC(=O)N2CCCCC2)c2ccccc2c1=O. The highest BCUT2D eigenvalue weighted by Crippen LogP contribution is 2.16. The molecule has 1 fully saturated rings. The van der Waals surface area contributed by atoms with Gasteiger partial charge in [0.2, 0.25) is 0 Å². The number of rotatable bonds is 4. The zero-order chi connectivity index (χ0) is 18.7. The zero-order valence-electron chi connectivity index (χ0n) is 15.1. The summed E-state index contributed by atoms with van der Waals surface area (Å²) < 4.78 is 6.49. The lowest BCUT2D eigenvalue weighted by atomic mass is 10.1. The molecule has 138 valence electrons. The quantitative estimate of drug-likeness (QED) is 0.783. The molecule has 3 rings (SSSR count). The van der Waals surface area contributed by atoms with Crippen LogP contribution in [0, 0.1) is 0 Å². The molecule has 1 aliphatic heterocycles. The summed E-state index contributed by atoms with van der Waals surface area (Å²) in [6.07, 6.45) is 3.08. The van der Waals surface area contributed by atoms with Crippen molar-refractivity contribution in [2.75, 3.05) is 19.7 Å². The molecule has 1 aromatic heterocycles. The largest absolute Gasteiger partial charge is 0.451 e. The number of esters is 1. The van der Waals surface area contributed by atoms with Crippen LogP contribution >= 0.6 is 0 Å². The van der Waals surface area contributed by atoms with E-state index in [-0.39, 0.29) is 29.8 Å². The van der Waals surface area contributed by atoms with Gasteiger partial charge < -0.3 is 9.64 Å². The first-order chi connectivity index (χ1) is 12.5. The summed E-state index contributed by atoms with van der Waals surface area (Å²) in [7, 11) is 0. The van der Waals surface area contributed by atoms with Crippen molar-refractivity contribution in [1.29, 1.82) is 0 Å². The minimum Gasteiger partial charge on any atom is -0.451 e. The Morgan fingerprint density at radius 3 is 2.42 bits per heavy atom. The normalized spacial score (nSPS) is 14.7. The van der Waals surface area contributed by atoms with Crippen LogP contribution in [0.2, 0.25) is 0 Å². The van der Waals surface area contributed by atoms with Gasteiger partial charge in [0.05, 0.1) is 11.4 Å². The number of piperidine rings is 1. The van der Waals surface area contributed by atoms with Gasteiger partial charge in [0, 0.05) is 18.5 Å². The van der Waals surface area contributed by atoms with Gasteiger partial charge >= 0.3 is 5.97 Å². The molecule has 1 aliphatic rings. The number of carbonyl (C=O) groups is 2. The van der Waals surface area contributed by atoms with Crippen LogP contribution in [0.25, 0.3) is 10.8 Å². The van der Waals surface area contributed by atoms with Crippen LogP contribution in [0.1, 0.15) is 49.6 Å². The molecule has 2 aromatic rings. The number of hydrogen-bond donors (Lipinski definition) is 0. The molecule has 0 saturated carbocycles.